The van der Waals surface area contributed by atoms with Crippen molar-refractivity contribution < 1.29 is 32.2 Å². The molecule has 2 aromatic rings. The summed E-state index contributed by atoms with van der Waals surface area (Å²) in [7, 11) is 3.29. The number of carbonyl (C=O) groups is 1. The number of carbonyl (C=O) groups excluding carboxylic acids is 1. The van der Waals surface area contributed by atoms with Gasteiger partial charge in [-0.25, -0.2) is 4.39 Å². The van der Waals surface area contributed by atoms with Crippen molar-refractivity contribution >= 4 is 12.0 Å². The van der Waals surface area contributed by atoms with Gasteiger partial charge in [0.2, 0.25) is 0 Å². The number of benzene rings is 2. The number of nitrogens with two attached hydrogens (primary N) is 2. The van der Waals surface area contributed by atoms with Crippen LogP contribution in [0.5, 0.6) is 0 Å². The lowest BCUT2D eigenvalue weighted by Gasteiger charge is -2.29. The van der Waals surface area contributed by atoms with Gasteiger partial charge in [-0.2, -0.15) is 13.2 Å². The highest BCUT2D eigenvalue weighted by molar-refractivity contribution is 5.52. The van der Waals surface area contributed by atoms with Crippen LogP contribution in [0.25, 0.3) is 0 Å². The minimum Gasteiger partial charge on any atom is -0.395 e. The summed E-state index contributed by atoms with van der Waals surface area (Å²) >= 11 is 0. The summed E-state index contributed by atoms with van der Waals surface area (Å²) in [5, 5.41) is 15.2. The Hall–Kier alpha value is -2.57. The topological polar surface area (TPSA) is 123 Å². The molecular weight excluding hydrogens is 528 g/mol. The standard InChI is InChI=1S/C14H21FN2O2.C12H16O.C2H4F3N.CH5N/c1-16-14-4-2-3-13(15)12(14)6-5-11-7-17-10(8-18)9-19-11;1-2-6-11(9-10-13)12-7-4-3-5-8-12;3-2(4,5)1-6;1-2/h2-4,10-11,16-18H,5-9H2,1H3;3-5,7-8,10-11H,2,6,9H2,1H3;1,6H2;2H2,1H3/t10-,11-;11-;;/m10../s1. The van der Waals surface area contributed by atoms with E-state index in [9.17, 15) is 22.4 Å². The van der Waals surface area contributed by atoms with E-state index in [1.807, 2.05) is 24.3 Å². The first-order chi connectivity index (χ1) is 19.2. The molecule has 1 saturated heterocycles. The fraction of sp³-hybridized carbons (Fsp3) is 0.552. The molecule has 11 heteroatoms. The molecule has 0 saturated carbocycles. The van der Waals surface area contributed by atoms with Gasteiger partial charge in [-0.3, -0.25) is 0 Å². The van der Waals surface area contributed by atoms with Gasteiger partial charge in [0.05, 0.1) is 31.9 Å². The Kier molecular flexibility index (Phi) is 20.7. The van der Waals surface area contributed by atoms with E-state index in [0.717, 1.165) is 31.2 Å². The summed E-state index contributed by atoms with van der Waals surface area (Å²) in [6.07, 6.45) is 1.20. The molecule has 1 heterocycles. The molecule has 228 valence electrons. The number of halogens is 4. The first kappa shape index (κ1) is 37.4. The van der Waals surface area contributed by atoms with Crippen LogP contribution in [0.15, 0.2) is 48.5 Å². The van der Waals surface area contributed by atoms with Crippen molar-refractivity contribution in [3.63, 3.8) is 0 Å². The van der Waals surface area contributed by atoms with Crippen molar-refractivity contribution in [1.82, 2.24) is 5.32 Å². The summed E-state index contributed by atoms with van der Waals surface area (Å²) in [6.45, 7) is 2.23. The summed E-state index contributed by atoms with van der Waals surface area (Å²) in [5.41, 5.74) is 11.5. The van der Waals surface area contributed by atoms with E-state index in [0.29, 0.717) is 37.5 Å². The molecule has 1 aliphatic rings. The van der Waals surface area contributed by atoms with E-state index in [2.05, 4.69) is 41.2 Å². The smallest absolute Gasteiger partial charge is 0.395 e. The summed E-state index contributed by atoms with van der Waals surface area (Å²) in [4.78, 5) is 10.5. The Morgan fingerprint density at radius 3 is 2.30 bits per heavy atom. The predicted molar refractivity (Wildman–Crippen MR) is 153 cm³/mol. The summed E-state index contributed by atoms with van der Waals surface area (Å²) in [5.74, 6) is 0.243. The number of hydrogen-bond donors (Lipinski definition) is 5. The zero-order valence-corrected chi connectivity index (χ0v) is 23.7. The Bertz CT molecular complexity index is 897. The van der Waals surface area contributed by atoms with E-state index in [1.54, 1.807) is 13.1 Å². The van der Waals surface area contributed by atoms with Crippen molar-refractivity contribution in [1.29, 1.82) is 0 Å². The highest BCUT2D eigenvalue weighted by Crippen LogP contribution is 2.23. The molecule has 0 bridgehead atoms. The van der Waals surface area contributed by atoms with E-state index >= 15 is 0 Å². The lowest BCUT2D eigenvalue weighted by atomic mass is 9.92. The minimum absolute atomic E-state index is 0.0255. The van der Waals surface area contributed by atoms with E-state index in [1.165, 1.54) is 18.7 Å². The van der Waals surface area contributed by atoms with Crippen LogP contribution < -0.4 is 22.1 Å². The lowest BCUT2D eigenvalue weighted by Crippen LogP contribution is -2.48. The number of hydrogen-bond acceptors (Lipinski definition) is 7. The number of aliphatic hydroxyl groups excluding tert-OH is 1. The number of nitrogens with one attached hydrogen (secondary N) is 2. The Morgan fingerprint density at radius 1 is 1.18 bits per heavy atom. The number of alkyl halides is 3. The molecule has 2 aromatic carbocycles. The monoisotopic (exact) mass is 574 g/mol. The Balaban J connectivity index is 0.000000627. The largest absolute Gasteiger partial charge is 0.400 e. The molecule has 0 unspecified atom stereocenters. The molecule has 0 aromatic heterocycles. The van der Waals surface area contributed by atoms with Crippen LogP contribution in [0.4, 0.5) is 23.2 Å². The van der Waals surface area contributed by atoms with Gasteiger partial charge in [0.1, 0.15) is 12.1 Å². The molecule has 40 heavy (non-hydrogen) atoms. The SMILES string of the molecule is CCC[C@@H](CC=O)c1ccccc1.CN.CNc1cccc(F)c1CC[C@@H]1CN[C@H](CO)CO1.NCC(F)(F)F. The molecule has 0 radical (unpaired) electrons. The maximum Gasteiger partial charge on any atom is 0.400 e. The molecule has 1 fully saturated rings. The average molecular weight is 575 g/mol. The number of anilines is 1. The van der Waals surface area contributed by atoms with Crippen LogP contribution in [0.2, 0.25) is 0 Å². The maximum absolute atomic E-state index is 13.8. The molecule has 0 spiro atoms. The number of aliphatic hydroxyl groups is 1. The van der Waals surface area contributed by atoms with Gasteiger partial charge in [-0.1, -0.05) is 49.7 Å². The van der Waals surface area contributed by atoms with Crippen LogP contribution >= 0.6 is 0 Å². The Morgan fingerprint density at radius 2 is 1.82 bits per heavy atom. The third-order valence-corrected chi connectivity index (χ3v) is 6.01. The van der Waals surface area contributed by atoms with Crippen LogP contribution in [-0.2, 0) is 16.0 Å². The number of morpholine rings is 1. The molecule has 1 aliphatic heterocycles. The van der Waals surface area contributed by atoms with Crippen molar-refractivity contribution in [2.45, 2.75) is 63.3 Å². The fourth-order valence-corrected chi connectivity index (χ4v) is 3.93. The molecular formula is C29H46F4N4O3. The molecule has 3 rings (SSSR count). The summed E-state index contributed by atoms with van der Waals surface area (Å²) < 4.78 is 51.4. The highest BCUT2D eigenvalue weighted by Gasteiger charge is 2.23. The molecule has 0 aliphatic carbocycles. The third-order valence-electron chi connectivity index (χ3n) is 6.01. The van der Waals surface area contributed by atoms with Crippen molar-refractivity contribution in [3.05, 3.63) is 65.5 Å². The first-order valence-corrected chi connectivity index (χ1v) is 13.4. The first-order valence-electron chi connectivity index (χ1n) is 13.4. The zero-order chi connectivity index (χ0) is 30.4. The van der Waals surface area contributed by atoms with Crippen LogP contribution in [-0.4, -0.2) is 70.1 Å². The van der Waals surface area contributed by atoms with E-state index in [4.69, 9.17) is 9.84 Å². The lowest BCUT2D eigenvalue weighted by molar-refractivity contribution is -0.118. The van der Waals surface area contributed by atoms with Gasteiger partial charge in [0.15, 0.2) is 0 Å². The van der Waals surface area contributed by atoms with Gasteiger partial charge < -0.3 is 36.7 Å². The fourth-order valence-electron chi connectivity index (χ4n) is 3.93. The minimum atomic E-state index is -4.18. The van der Waals surface area contributed by atoms with Crippen LogP contribution in [0.1, 0.15) is 49.7 Å². The van der Waals surface area contributed by atoms with Crippen molar-refractivity contribution in [2.75, 3.05) is 45.7 Å². The predicted octanol–water partition coefficient (Wildman–Crippen LogP) is 4.39. The van der Waals surface area contributed by atoms with Crippen molar-refractivity contribution in [2.24, 2.45) is 11.5 Å². The van der Waals surface area contributed by atoms with Crippen LogP contribution in [0.3, 0.4) is 0 Å². The van der Waals surface area contributed by atoms with E-state index in [-0.39, 0.29) is 24.6 Å². The van der Waals surface area contributed by atoms with Crippen LogP contribution in [0, 0.1) is 5.82 Å². The second-order valence-corrected chi connectivity index (χ2v) is 8.92. The van der Waals surface area contributed by atoms with Crippen molar-refractivity contribution in [3.8, 4) is 0 Å². The number of rotatable bonds is 10. The second-order valence-electron chi connectivity index (χ2n) is 8.92. The maximum atomic E-state index is 13.8. The van der Waals surface area contributed by atoms with Gasteiger partial charge in [-0.05, 0) is 49.9 Å². The van der Waals surface area contributed by atoms with Gasteiger partial charge in [-0.15, -0.1) is 0 Å². The third kappa shape index (κ3) is 15.9. The Labute approximate surface area is 235 Å². The zero-order valence-electron chi connectivity index (χ0n) is 23.7. The average Bonchev–Trinajstić information content (AvgIpc) is 2.98. The highest BCUT2D eigenvalue weighted by atomic mass is 19.4. The molecule has 7 N–H and O–H groups in total. The van der Waals surface area contributed by atoms with Gasteiger partial charge in [0.25, 0.3) is 0 Å². The number of aldehydes is 1. The number of ether oxygens (including phenoxy) is 1. The molecule has 3 atom stereocenters. The molecule has 0 amide bonds. The van der Waals surface area contributed by atoms with Gasteiger partial charge in [0, 0.05) is 31.3 Å². The summed E-state index contributed by atoms with van der Waals surface area (Å²) in [6, 6.07) is 15.4. The quantitative estimate of drug-likeness (QED) is 0.211. The van der Waals surface area contributed by atoms with Gasteiger partial charge >= 0.3 is 6.18 Å². The van der Waals surface area contributed by atoms with E-state index < -0.39 is 12.7 Å². The molecule has 7 nitrogen and oxygen atoms in total. The second kappa shape index (κ2) is 22.2. The normalized spacial score (nSPS) is 17.1.